The third-order valence-corrected chi connectivity index (χ3v) is 5.84. The van der Waals surface area contributed by atoms with Gasteiger partial charge in [0.15, 0.2) is 5.52 Å². The molecule has 1 nitrogen and oxygen atoms in total. The molecule has 2 aromatic carbocycles. The van der Waals surface area contributed by atoms with Crippen molar-refractivity contribution in [1.82, 2.24) is 0 Å². The van der Waals surface area contributed by atoms with Gasteiger partial charge in [-0.15, -0.1) is 0 Å². The Morgan fingerprint density at radius 3 is 1.67 bits per heavy atom. The molecule has 2 aromatic rings. The van der Waals surface area contributed by atoms with E-state index in [1.54, 1.807) is 0 Å². The van der Waals surface area contributed by atoms with Crippen molar-refractivity contribution in [2.24, 2.45) is 0 Å². The second kappa shape index (κ2) is 8.44. The molecule has 21 heavy (non-hydrogen) atoms. The van der Waals surface area contributed by atoms with Crippen molar-refractivity contribution < 1.29 is 4.79 Å². The Labute approximate surface area is 161 Å². The van der Waals surface area contributed by atoms with Gasteiger partial charge in [0.2, 0.25) is 0 Å². The maximum atomic E-state index is 12.4. The molecule has 0 aliphatic heterocycles. The van der Waals surface area contributed by atoms with E-state index in [1.165, 1.54) is 0 Å². The summed E-state index contributed by atoms with van der Waals surface area (Å²) in [7, 11) is -0.130. The van der Waals surface area contributed by atoms with Gasteiger partial charge in [-0.2, -0.15) is 0 Å². The van der Waals surface area contributed by atoms with Gasteiger partial charge in [-0.05, 0) is 13.9 Å². The molecule has 2 rings (SSSR count). The number of hydrogen-bond acceptors (Lipinski definition) is 1. The molecule has 0 saturated heterocycles. The van der Waals surface area contributed by atoms with Gasteiger partial charge >= 0.3 is 18.9 Å². The van der Waals surface area contributed by atoms with Crippen LogP contribution < -0.4 is 5.30 Å². The van der Waals surface area contributed by atoms with E-state index in [2.05, 4.69) is 0 Å². The van der Waals surface area contributed by atoms with Gasteiger partial charge in [-0.1, -0.05) is 88.3 Å². The van der Waals surface area contributed by atoms with Gasteiger partial charge in [0.1, 0.15) is 0 Å². The summed E-state index contributed by atoms with van der Waals surface area (Å²) in [5.41, 5.74) is -0.137. The Bertz CT molecular complexity index is 649. The summed E-state index contributed by atoms with van der Waals surface area (Å²) in [5.74, 6) is 0. The molecule has 0 amide bonds. The van der Waals surface area contributed by atoms with Crippen molar-refractivity contribution in [2.45, 2.75) is 0 Å². The van der Waals surface area contributed by atoms with Crippen LogP contribution in [0, 0.1) is 0 Å². The molecule has 0 aliphatic rings. The number of carbonyl (C=O) groups is 1. The molecule has 0 aromatic heterocycles. The van der Waals surface area contributed by atoms with Crippen LogP contribution in [0.25, 0.3) is 0 Å². The summed E-state index contributed by atoms with van der Waals surface area (Å²) in [6.07, 6.45) is 0. The van der Waals surface area contributed by atoms with Crippen LogP contribution in [0.3, 0.4) is 0 Å². The summed E-state index contributed by atoms with van der Waals surface area (Å²) < 4.78 is 0. The summed E-state index contributed by atoms with van der Waals surface area (Å²) in [6, 6.07) is 9.25. The Kier molecular flexibility index (Phi) is 7.89. The molecule has 0 N–H and O–H groups in total. The van der Waals surface area contributed by atoms with Crippen molar-refractivity contribution in [2.75, 3.05) is 0 Å². The standard InChI is InChI=1S/C13H6Cl5OP.Li.H/c14-8-7(9(15)11(17)12(18)10(8)16)13(19)20-6-4-2-1-3-5-6;;/h1-5,20H;;. The van der Waals surface area contributed by atoms with Crippen LogP contribution in [-0.2, 0) is 0 Å². The molecule has 1 atom stereocenters. The molecule has 0 aliphatic carbocycles. The fraction of sp³-hybridized carbons (Fsp3) is 0. The Hall–Kier alpha value is 0.587. The van der Waals surface area contributed by atoms with E-state index < -0.39 is 0 Å². The van der Waals surface area contributed by atoms with E-state index in [4.69, 9.17) is 58.0 Å². The number of rotatable bonds is 3. The predicted octanol–water partition coefficient (Wildman–Crippen LogP) is 5.45. The zero-order valence-electron chi connectivity index (χ0n) is 9.68. The Balaban J connectivity index is 0.00000220. The van der Waals surface area contributed by atoms with Crippen molar-refractivity contribution in [1.29, 1.82) is 0 Å². The van der Waals surface area contributed by atoms with Crippen LogP contribution in [0.1, 0.15) is 10.4 Å². The van der Waals surface area contributed by atoms with Gasteiger partial charge in [-0.25, -0.2) is 0 Å². The third-order valence-electron chi connectivity index (χ3n) is 2.47. The second-order valence-corrected chi connectivity index (χ2v) is 6.94. The van der Waals surface area contributed by atoms with E-state index in [0.29, 0.717) is 0 Å². The zero-order valence-corrected chi connectivity index (χ0v) is 14.5. The van der Waals surface area contributed by atoms with E-state index in [0.717, 1.165) is 5.30 Å². The third kappa shape index (κ3) is 4.32. The maximum absolute atomic E-state index is 12.4. The summed E-state index contributed by atoms with van der Waals surface area (Å²) in [4.78, 5) is 12.4. The molecular formula is C13H7Cl5LiOP. The molecule has 0 radical (unpaired) electrons. The van der Waals surface area contributed by atoms with E-state index in [1.807, 2.05) is 30.3 Å². The summed E-state index contributed by atoms with van der Waals surface area (Å²) in [6.45, 7) is 0. The van der Waals surface area contributed by atoms with E-state index in [-0.39, 0.29) is 63.6 Å². The predicted molar refractivity (Wildman–Crippen MR) is 97.4 cm³/mol. The van der Waals surface area contributed by atoms with Gasteiger partial charge in [-0.3, -0.25) is 4.79 Å². The normalized spacial score (nSPS) is 10.7. The minimum absolute atomic E-state index is 0. The fourth-order valence-corrected chi connectivity index (χ4v) is 3.98. The summed E-state index contributed by atoms with van der Waals surface area (Å²) >= 11 is 29.9. The van der Waals surface area contributed by atoms with Crippen molar-refractivity contribution in [3.8, 4) is 0 Å². The van der Waals surface area contributed by atoms with Crippen LogP contribution in [0.2, 0.25) is 25.1 Å². The van der Waals surface area contributed by atoms with E-state index in [9.17, 15) is 4.79 Å². The quantitative estimate of drug-likeness (QED) is 0.293. The van der Waals surface area contributed by atoms with Crippen molar-refractivity contribution in [3.05, 3.63) is 61.0 Å². The van der Waals surface area contributed by atoms with Gasteiger partial charge < -0.3 is 0 Å². The molecule has 0 heterocycles. The number of benzene rings is 2. The van der Waals surface area contributed by atoms with Gasteiger partial charge in [0.05, 0.1) is 30.7 Å². The minimum atomic E-state index is -0.244. The average molecular weight is 394 g/mol. The topological polar surface area (TPSA) is 17.1 Å². The molecule has 1 unspecified atom stereocenters. The first-order valence-electron chi connectivity index (χ1n) is 5.31. The Morgan fingerprint density at radius 1 is 0.762 bits per heavy atom. The van der Waals surface area contributed by atoms with Crippen LogP contribution in [-0.4, -0.2) is 24.4 Å². The van der Waals surface area contributed by atoms with Crippen molar-refractivity contribution in [3.63, 3.8) is 0 Å². The first-order valence-corrected chi connectivity index (χ1v) is 8.20. The van der Waals surface area contributed by atoms with Gasteiger partial charge in [0, 0.05) is 0 Å². The summed E-state index contributed by atoms with van der Waals surface area (Å²) in [5, 5.41) is 1.03. The Morgan fingerprint density at radius 2 is 1.19 bits per heavy atom. The van der Waals surface area contributed by atoms with Crippen LogP contribution >= 0.6 is 66.6 Å². The van der Waals surface area contributed by atoms with Crippen LogP contribution in [0.15, 0.2) is 30.3 Å². The zero-order chi connectivity index (χ0) is 14.9. The molecule has 0 bridgehead atoms. The van der Waals surface area contributed by atoms with Gasteiger partial charge in [0.25, 0.3) is 0 Å². The average Bonchev–Trinajstić information content (AvgIpc) is 2.44. The number of hydrogen-bond donors (Lipinski definition) is 0. The first kappa shape index (κ1) is 19.6. The van der Waals surface area contributed by atoms with Crippen LogP contribution in [0.4, 0.5) is 0 Å². The second-order valence-electron chi connectivity index (χ2n) is 3.77. The number of halogens is 5. The molecule has 0 spiro atoms. The molecule has 8 heteroatoms. The van der Waals surface area contributed by atoms with Crippen LogP contribution in [0.5, 0.6) is 0 Å². The SMILES string of the molecule is O=C(Pc1ccccc1)c1c(Cl)c(Cl)c(Cl)c(Cl)c1Cl.[LiH]. The monoisotopic (exact) mass is 392 g/mol. The molecule has 106 valence electrons. The van der Waals surface area contributed by atoms with E-state index >= 15 is 0 Å². The molecule has 0 saturated carbocycles. The fourth-order valence-electron chi connectivity index (χ4n) is 1.52. The molecular weight excluding hydrogens is 387 g/mol. The first-order chi connectivity index (χ1) is 9.43. The van der Waals surface area contributed by atoms with Crippen molar-refractivity contribution >= 4 is 96.3 Å². The molecule has 0 fully saturated rings. The number of carbonyl (C=O) groups excluding carboxylic acids is 1.